The van der Waals surface area contributed by atoms with Crippen molar-refractivity contribution >= 4 is 5.97 Å². The Bertz CT molecular complexity index is 444. The van der Waals surface area contributed by atoms with E-state index in [2.05, 4.69) is 6.92 Å². The van der Waals surface area contributed by atoms with Crippen LogP contribution in [0.4, 0.5) is 0 Å². The van der Waals surface area contributed by atoms with Crippen LogP contribution in [-0.2, 0) is 9.47 Å². The summed E-state index contributed by atoms with van der Waals surface area (Å²) in [5, 5.41) is 0. The molecule has 0 aliphatic carbocycles. The van der Waals surface area contributed by atoms with E-state index in [0.717, 1.165) is 12.8 Å². The van der Waals surface area contributed by atoms with Crippen molar-refractivity contribution in [2.24, 2.45) is 0 Å². The number of methoxy groups -OCH3 is 1. The van der Waals surface area contributed by atoms with Gasteiger partial charge in [-0.2, -0.15) is 0 Å². The standard InChI is InChI=1S/C16H22O4/c1-3-4-5-6-11-14-16(19-14)20-15(17)12-9-7-8-10-13(12)18-2/h7-10,14,16H,3-6,11H2,1-2H3/t14-,16+/m1/s1. The van der Waals surface area contributed by atoms with Crippen LogP contribution < -0.4 is 4.74 Å². The Labute approximate surface area is 120 Å². The highest BCUT2D eigenvalue weighted by atomic mass is 16.8. The van der Waals surface area contributed by atoms with E-state index in [0.29, 0.717) is 11.3 Å². The number of benzene rings is 1. The van der Waals surface area contributed by atoms with Crippen molar-refractivity contribution in [1.29, 1.82) is 0 Å². The fourth-order valence-corrected chi connectivity index (χ4v) is 2.19. The zero-order chi connectivity index (χ0) is 14.4. The third-order valence-electron chi connectivity index (χ3n) is 3.43. The Morgan fingerprint density at radius 1 is 1.25 bits per heavy atom. The lowest BCUT2D eigenvalue weighted by Crippen LogP contribution is -2.11. The van der Waals surface area contributed by atoms with Gasteiger partial charge in [0.15, 0.2) is 0 Å². The molecular weight excluding hydrogens is 256 g/mol. The quantitative estimate of drug-likeness (QED) is 0.414. The molecule has 1 saturated heterocycles. The number of hydrogen-bond acceptors (Lipinski definition) is 4. The van der Waals surface area contributed by atoms with Gasteiger partial charge in [-0.15, -0.1) is 0 Å². The number of epoxide rings is 1. The van der Waals surface area contributed by atoms with Crippen LogP contribution in [0.5, 0.6) is 5.75 Å². The van der Waals surface area contributed by atoms with Gasteiger partial charge in [-0.25, -0.2) is 4.79 Å². The van der Waals surface area contributed by atoms with E-state index < -0.39 is 0 Å². The van der Waals surface area contributed by atoms with Crippen molar-refractivity contribution in [3.63, 3.8) is 0 Å². The number of hydrogen-bond donors (Lipinski definition) is 0. The molecule has 2 rings (SSSR count). The first kappa shape index (κ1) is 14.9. The first-order chi connectivity index (χ1) is 9.76. The molecule has 1 aliphatic rings. The molecule has 0 spiro atoms. The number of ether oxygens (including phenoxy) is 3. The maximum atomic E-state index is 12.0. The van der Waals surface area contributed by atoms with Crippen molar-refractivity contribution in [3.8, 4) is 5.75 Å². The highest BCUT2D eigenvalue weighted by molar-refractivity contribution is 5.92. The molecule has 0 radical (unpaired) electrons. The summed E-state index contributed by atoms with van der Waals surface area (Å²) in [6.07, 6.45) is 5.46. The first-order valence-electron chi connectivity index (χ1n) is 7.25. The van der Waals surface area contributed by atoms with Crippen LogP contribution in [0.25, 0.3) is 0 Å². The number of rotatable bonds is 8. The van der Waals surface area contributed by atoms with Crippen molar-refractivity contribution < 1.29 is 19.0 Å². The zero-order valence-electron chi connectivity index (χ0n) is 12.1. The fourth-order valence-electron chi connectivity index (χ4n) is 2.19. The molecule has 0 N–H and O–H groups in total. The van der Waals surface area contributed by atoms with Gasteiger partial charge in [-0.05, 0) is 18.6 Å². The Hall–Kier alpha value is -1.55. The Balaban J connectivity index is 1.76. The van der Waals surface area contributed by atoms with E-state index >= 15 is 0 Å². The summed E-state index contributed by atoms with van der Waals surface area (Å²) in [6, 6.07) is 7.04. The Morgan fingerprint density at radius 3 is 2.80 bits per heavy atom. The molecule has 2 atom stereocenters. The predicted molar refractivity (Wildman–Crippen MR) is 75.8 cm³/mol. The molecule has 0 aromatic heterocycles. The van der Waals surface area contributed by atoms with E-state index in [-0.39, 0.29) is 18.4 Å². The van der Waals surface area contributed by atoms with Gasteiger partial charge in [-0.3, -0.25) is 0 Å². The van der Waals surface area contributed by atoms with Crippen molar-refractivity contribution in [3.05, 3.63) is 29.8 Å². The summed E-state index contributed by atoms with van der Waals surface area (Å²) in [7, 11) is 1.54. The lowest BCUT2D eigenvalue weighted by molar-refractivity contribution is 0.0293. The van der Waals surface area contributed by atoms with Gasteiger partial charge in [-0.1, -0.05) is 44.7 Å². The zero-order valence-corrected chi connectivity index (χ0v) is 12.1. The van der Waals surface area contributed by atoms with E-state index in [4.69, 9.17) is 14.2 Å². The Kier molecular flexibility index (Phi) is 5.41. The summed E-state index contributed by atoms with van der Waals surface area (Å²) >= 11 is 0. The second-order valence-corrected chi connectivity index (χ2v) is 5.00. The summed E-state index contributed by atoms with van der Waals surface area (Å²) in [5.74, 6) is 0.140. The van der Waals surface area contributed by atoms with Crippen LogP contribution in [0.1, 0.15) is 49.4 Å². The molecule has 0 unspecified atom stereocenters. The first-order valence-corrected chi connectivity index (χ1v) is 7.25. The monoisotopic (exact) mass is 278 g/mol. The van der Waals surface area contributed by atoms with Crippen molar-refractivity contribution in [2.75, 3.05) is 7.11 Å². The van der Waals surface area contributed by atoms with Crippen LogP contribution in [0.3, 0.4) is 0 Å². The van der Waals surface area contributed by atoms with Gasteiger partial charge in [0, 0.05) is 0 Å². The summed E-state index contributed by atoms with van der Waals surface area (Å²) in [4.78, 5) is 12.0. The molecule has 0 saturated carbocycles. The normalized spacial score (nSPS) is 20.5. The van der Waals surface area contributed by atoms with Crippen LogP contribution in [0.2, 0.25) is 0 Å². The van der Waals surface area contributed by atoms with Gasteiger partial charge in [0.2, 0.25) is 6.29 Å². The fraction of sp³-hybridized carbons (Fsp3) is 0.562. The van der Waals surface area contributed by atoms with E-state index in [1.165, 1.54) is 26.4 Å². The minimum Gasteiger partial charge on any atom is -0.496 e. The van der Waals surface area contributed by atoms with Crippen LogP contribution in [0, 0.1) is 0 Å². The van der Waals surface area contributed by atoms with E-state index in [1.807, 2.05) is 6.07 Å². The van der Waals surface area contributed by atoms with Crippen LogP contribution in [-0.4, -0.2) is 25.5 Å². The van der Waals surface area contributed by atoms with E-state index in [1.54, 1.807) is 18.2 Å². The highest BCUT2D eigenvalue weighted by Crippen LogP contribution is 2.30. The topological polar surface area (TPSA) is 48.1 Å². The molecule has 1 fully saturated rings. The SMILES string of the molecule is CCCCCC[C@H]1O[C@H]1OC(=O)c1ccccc1OC. The molecule has 1 heterocycles. The minimum atomic E-state index is -0.386. The number of carbonyl (C=O) groups is 1. The predicted octanol–water partition coefficient (Wildman–Crippen LogP) is 3.55. The molecule has 0 bridgehead atoms. The average molecular weight is 278 g/mol. The molecular formula is C16H22O4. The molecule has 0 amide bonds. The van der Waals surface area contributed by atoms with Crippen LogP contribution in [0.15, 0.2) is 24.3 Å². The molecule has 4 nitrogen and oxygen atoms in total. The average Bonchev–Trinajstić information content (AvgIpc) is 3.21. The molecule has 20 heavy (non-hydrogen) atoms. The van der Waals surface area contributed by atoms with Gasteiger partial charge in [0.1, 0.15) is 17.4 Å². The largest absolute Gasteiger partial charge is 0.496 e. The molecule has 1 aromatic rings. The third kappa shape index (κ3) is 3.97. The lowest BCUT2D eigenvalue weighted by Gasteiger charge is -2.06. The van der Waals surface area contributed by atoms with Crippen molar-refractivity contribution in [1.82, 2.24) is 0 Å². The second kappa shape index (κ2) is 7.29. The number of carbonyl (C=O) groups excluding carboxylic acids is 1. The molecule has 110 valence electrons. The summed E-state index contributed by atoms with van der Waals surface area (Å²) in [5.41, 5.74) is 0.440. The van der Waals surface area contributed by atoms with Gasteiger partial charge < -0.3 is 14.2 Å². The highest BCUT2D eigenvalue weighted by Gasteiger charge is 2.42. The number of esters is 1. The van der Waals surface area contributed by atoms with Gasteiger partial charge >= 0.3 is 5.97 Å². The lowest BCUT2D eigenvalue weighted by atomic mass is 10.1. The third-order valence-corrected chi connectivity index (χ3v) is 3.43. The van der Waals surface area contributed by atoms with Gasteiger partial charge in [0.05, 0.1) is 7.11 Å². The molecule has 1 aliphatic heterocycles. The maximum absolute atomic E-state index is 12.0. The smallest absolute Gasteiger partial charge is 0.344 e. The van der Waals surface area contributed by atoms with E-state index in [9.17, 15) is 4.79 Å². The molecule has 4 heteroatoms. The summed E-state index contributed by atoms with van der Waals surface area (Å²) in [6.45, 7) is 2.19. The maximum Gasteiger partial charge on any atom is 0.344 e. The second-order valence-electron chi connectivity index (χ2n) is 5.00. The molecule has 1 aromatic carbocycles. The summed E-state index contributed by atoms with van der Waals surface area (Å²) < 4.78 is 15.8. The minimum absolute atomic E-state index is 0.0745. The number of para-hydroxylation sites is 1. The van der Waals surface area contributed by atoms with Crippen LogP contribution >= 0.6 is 0 Å². The Morgan fingerprint density at radius 2 is 2.05 bits per heavy atom. The number of unbranched alkanes of at least 4 members (excludes halogenated alkanes) is 3. The van der Waals surface area contributed by atoms with Crippen molar-refractivity contribution in [2.45, 2.75) is 51.4 Å². The van der Waals surface area contributed by atoms with Gasteiger partial charge in [0.25, 0.3) is 0 Å².